The number of nitrogens with one attached hydrogen (secondary N) is 1. The molecular formula is C13H17FN2O2. The van der Waals surface area contributed by atoms with E-state index in [9.17, 15) is 14.3 Å². The molecule has 0 unspecified atom stereocenters. The maximum atomic E-state index is 13.0. The molecule has 18 heavy (non-hydrogen) atoms. The Morgan fingerprint density at radius 3 is 2.78 bits per heavy atom. The Morgan fingerprint density at radius 1 is 1.50 bits per heavy atom. The van der Waals surface area contributed by atoms with Crippen LogP contribution in [0.15, 0.2) is 18.2 Å². The van der Waals surface area contributed by atoms with Crippen molar-refractivity contribution in [1.82, 2.24) is 10.2 Å². The highest BCUT2D eigenvalue weighted by molar-refractivity contribution is 5.95. The molecule has 1 heterocycles. The van der Waals surface area contributed by atoms with Crippen LogP contribution in [0.2, 0.25) is 0 Å². The second kappa shape index (κ2) is 5.04. The van der Waals surface area contributed by atoms with E-state index >= 15 is 0 Å². The second-order valence-corrected chi connectivity index (χ2v) is 4.67. The molecule has 1 aromatic rings. The van der Waals surface area contributed by atoms with Gasteiger partial charge in [0.05, 0.1) is 12.1 Å². The van der Waals surface area contributed by atoms with Gasteiger partial charge in [0, 0.05) is 25.7 Å². The lowest BCUT2D eigenvalue weighted by Gasteiger charge is -2.27. The van der Waals surface area contributed by atoms with Crippen molar-refractivity contribution >= 4 is 5.91 Å². The smallest absolute Gasteiger partial charge is 0.254 e. The van der Waals surface area contributed by atoms with Gasteiger partial charge in [0.25, 0.3) is 5.91 Å². The highest BCUT2D eigenvalue weighted by Crippen LogP contribution is 2.16. The minimum Gasteiger partial charge on any atom is -0.390 e. The van der Waals surface area contributed by atoms with Gasteiger partial charge in [0.15, 0.2) is 0 Å². The van der Waals surface area contributed by atoms with Gasteiger partial charge < -0.3 is 15.3 Å². The molecule has 0 aliphatic carbocycles. The van der Waals surface area contributed by atoms with Crippen molar-refractivity contribution in [2.75, 3.05) is 20.1 Å². The minimum absolute atomic E-state index is 0.194. The molecule has 2 atom stereocenters. The van der Waals surface area contributed by atoms with E-state index in [-0.39, 0.29) is 17.8 Å². The number of halogens is 1. The fraction of sp³-hybridized carbons (Fsp3) is 0.462. The van der Waals surface area contributed by atoms with Crippen LogP contribution in [-0.2, 0) is 0 Å². The Kier molecular flexibility index (Phi) is 3.63. The van der Waals surface area contributed by atoms with Gasteiger partial charge in [-0.05, 0) is 30.7 Å². The van der Waals surface area contributed by atoms with Crippen molar-refractivity contribution in [2.24, 2.45) is 0 Å². The third-order valence-electron chi connectivity index (χ3n) is 3.39. The zero-order valence-corrected chi connectivity index (χ0v) is 10.5. The van der Waals surface area contributed by atoms with E-state index in [0.717, 1.165) is 0 Å². The Bertz CT molecular complexity index is 464. The molecule has 0 bridgehead atoms. The summed E-state index contributed by atoms with van der Waals surface area (Å²) in [6.45, 7) is 2.77. The molecule has 4 nitrogen and oxygen atoms in total. The van der Waals surface area contributed by atoms with E-state index in [2.05, 4.69) is 5.32 Å². The summed E-state index contributed by atoms with van der Waals surface area (Å²) in [6, 6.07) is 3.86. The van der Waals surface area contributed by atoms with E-state index in [1.54, 1.807) is 14.0 Å². The largest absolute Gasteiger partial charge is 0.390 e. The van der Waals surface area contributed by atoms with E-state index < -0.39 is 6.10 Å². The summed E-state index contributed by atoms with van der Waals surface area (Å²) in [5.74, 6) is -0.547. The maximum absolute atomic E-state index is 13.0. The molecular weight excluding hydrogens is 235 g/mol. The van der Waals surface area contributed by atoms with Crippen molar-refractivity contribution in [1.29, 1.82) is 0 Å². The molecule has 0 radical (unpaired) electrons. The van der Waals surface area contributed by atoms with Gasteiger partial charge in [0.2, 0.25) is 0 Å². The third kappa shape index (κ3) is 2.37. The second-order valence-electron chi connectivity index (χ2n) is 4.67. The van der Waals surface area contributed by atoms with Crippen LogP contribution >= 0.6 is 0 Å². The highest BCUT2D eigenvalue weighted by atomic mass is 19.1. The standard InChI is InChI=1S/C13H17FN2O2/c1-8-5-9(14)3-4-10(8)13(18)16(2)11-6-15-7-12(11)17/h3-5,11-12,15,17H,6-7H2,1-2H3/t11-,12-/m1/s1. The summed E-state index contributed by atoms with van der Waals surface area (Å²) in [6.07, 6.45) is -0.556. The van der Waals surface area contributed by atoms with Crippen LogP contribution < -0.4 is 5.32 Å². The summed E-state index contributed by atoms with van der Waals surface area (Å²) in [4.78, 5) is 13.8. The Hall–Kier alpha value is -1.46. The van der Waals surface area contributed by atoms with Crippen molar-refractivity contribution in [3.8, 4) is 0 Å². The zero-order valence-electron chi connectivity index (χ0n) is 10.5. The first kappa shape index (κ1) is 13.0. The summed E-state index contributed by atoms with van der Waals surface area (Å²) in [5.41, 5.74) is 1.07. The van der Waals surface area contributed by atoms with Gasteiger partial charge in [-0.1, -0.05) is 0 Å². The van der Waals surface area contributed by atoms with E-state index in [1.807, 2.05) is 0 Å². The van der Waals surface area contributed by atoms with Gasteiger partial charge in [-0.3, -0.25) is 4.79 Å². The van der Waals surface area contributed by atoms with Gasteiger partial charge in [0.1, 0.15) is 5.82 Å². The first-order valence-electron chi connectivity index (χ1n) is 5.93. The summed E-state index contributed by atoms with van der Waals surface area (Å²) in [5, 5.41) is 12.8. The number of aliphatic hydroxyl groups is 1. The Labute approximate surface area is 105 Å². The van der Waals surface area contributed by atoms with Crippen molar-refractivity contribution < 1.29 is 14.3 Å². The van der Waals surface area contributed by atoms with E-state index in [1.165, 1.54) is 23.1 Å². The number of carbonyl (C=O) groups is 1. The minimum atomic E-state index is -0.556. The Morgan fingerprint density at radius 2 is 2.22 bits per heavy atom. The van der Waals surface area contributed by atoms with Crippen LogP contribution in [0.5, 0.6) is 0 Å². The number of likely N-dealkylation sites (N-methyl/N-ethyl adjacent to an activating group) is 1. The van der Waals surface area contributed by atoms with Crippen LogP contribution in [0.3, 0.4) is 0 Å². The number of nitrogens with zero attached hydrogens (tertiary/aromatic N) is 1. The van der Waals surface area contributed by atoms with Crippen molar-refractivity contribution in [2.45, 2.75) is 19.1 Å². The van der Waals surface area contributed by atoms with Crippen molar-refractivity contribution in [3.63, 3.8) is 0 Å². The lowest BCUT2D eigenvalue weighted by atomic mass is 10.1. The molecule has 1 saturated heterocycles. The lowest BCUT2D eigenvalue weighted by Crippen LogP contribution is -2.44. The molecule has 0 spiro atoms. The van der Waals surface area contributed by atoms with E-state index in [4.69, 9.17) is 0 Å². The third-order valence-corrected chi connectivity index (χ3v) is 3.39. The number of amides is 1. The molecule has 1 aliphatic heterocycles. The quantitative estimate of drug-likeness (QED) is 0.807. The van der Waals surface area contributed by atoms with Gasteiger partial charge in [-0.15, -0.1) is 0 Å². The molecule has 98 valence electrons. The van der Waals surface area contributed by atoms with E-state index in [0.29, 0.717) is 24.2 Å². The number of β-amino-alcohol motifs (C(OH)–C–C–N with tert-alkyl or cyclic N) is 1. The molecule has 1 aliphatic rings. The van der Waals surface area contributed by atoms with Crippen LogP contribution in [0.4, 0.5) is 4.39 Å². The predicted octanol–water partition coefficient (Wildman–Crippen LogP) is 0.539. The monoisotopic (exact) mass is 252 g/mol. The number of hydrogen-bond acceptors (Lipinski definition) is 3. The number of aliphatic hydroxyl groups excluding tert-OH is 1. The summed E-state index contributed by atoms with van der Waals surface area (Å²) in [7, 11) is 1.66. The fourth-order valence-electron chi connectivity index (χ4n) is 2.25. The normalized spacial score (nSPS) is 23.1. The number of aryl methyl sites for hydroxylation is 1. The van der Waals surface area contributed by atoms with Gasteiger partial charge in [-0.2, -0.15) is 0 Å². The first-order valence-corrected chi connectivity index (χ1v) is 5.93. The average Bonchev–Trinajstić information content (AvgIpc) is 2.74. The number of rotatable bonds is 2. The molecule has 1 amide bonds. The predicted molar refractivity (Wildman–Crippen MR) is 65.9 cm³/mol. The molecule has 1 fully saturated rings. The summed E-state index contributed by atoms with van der Waals surface area (Å²) < 4.78 is 13.0. The topological polar surface area (TPSA) is 52.6 Å². The highest BCUT2D eigenvalue weighted by Gasteiger charge is 2.31. The van der Waals surface area contributed by atoms with Gasteiger partial charge in [-0.25, -0.2) is 4.39 Å². The maximum Gasteiger partial charge on any atom is 0.254 e. The molecule has 5 heteroatoms. The molecule has 2 N–H and O–H groups in total. The first-order chi connectivity index (χ1) is 8.50. The van der Waals surface area contributed by atoms with Crippen LogP contribution in [-0.4, -0.2) is 48.2 Å². The molecule has 0 aromatic heterocycles. The van der Waals surface area contributed by atoms with Crippen LogP contribution in [0.25, 0.3) is 0 Å². The fourth-order valence-corrected chi connectivity index (χ4v) is 2.25. The van der Waals surface area contributed by atoms with Crippen LogP contribution in [0.1, 0.15) is 15.9 Å². The number of hydrogen-bond donors (Lipinski definition) is 2. The SMILES string of the molecule is Cc1cc(F)ccc1C(=O)N(C)[C@@H]1CNC[C@H]1O. The van der Waals surface area contributed by atoms with Gasteiger partial charge >= 0.3 is 0 Å². The molecule has 0 saturated carbocycles. The zero-order chi connectivity index (χ0) is 13.3. The average molecular weight is 252 g/mol. The van der Waals surface area contributed by atoms with Crippen molar-refractivity contribution in [3.05, 3.63) is 35.1 Å². The van der Waals surface area contributed by atoms with Crippen LogP contribution in [0, 0.1) is 12.7 Å². The number of benzene rings is 1. The molecule has 1 aromatic carbocycles. The summed E-state index contributed by atoms with van der Waals surface area (Å²) >= 11 is 0. The molecule has 2 rings (SSSR count). The Balaban J connectivity index is 2.20. The number of carbonyl (C=O) groups excluding carboxylic acids is 1. The lowest BCUT2D eigenvalue weighted by molar-refractivity contribution is 0.0580.